The van der Waals surface area contributed by atoms with Crippen LogP contribution in [0.15, 0.2) is 24.3 Å². The van der Waals surface area contributed by atoms with E-state index in [1.54, 1.807) is 6.07 Å². The lowest BCUT2D eigenvalue weighted by atomic mass is 9.92. The normalized spacial score (nSPS) is 12.7. The largest absolute Gasteiger partial charge is 0.481 e. The predicted molar refractivity (Wildman–Crippen MR) is 70.4 cm³/mol. The minimum Gasteiger partial charge on any atom is -0.481 e. The Kier molecular flexibility index (Phi) is 5.49. The molecule has 17 heavy (non-hydrogen) atoms. The van der Waals surface area contributed by atoms with Gasteiger partial charge in [0.05, 0.1) is 5.92 Å². The van der Waals surface area contributed by atoms with Gasteiger partial charge in [-0.3, -0.25) is 4.79 Å². The lowest BCUT2D eigenvalue weighted by Crippen LogP contribution is -2.17. The number of carbonyl (C=O) groups is 1. The number of hydrogen-bond acceptors (Lipinski definition) is 1. The molecule has 3 heteroatoms. The van der Waals surface area contributed by atoms with Gasteiger partial charge in [-0.2, -0.15) is 0 Å². The van der Waals surface area contributed by atoms with Gasteiger partial charge in [0.15, 0.2) is 0 Å². The van der Waals surface area contributed by atoms with Crippen molar-refractivity contribution in [2.75, 3.05) is 0 Å². The molecule has 1 unspecified atom stereocenters. The van der Waals surface area contributed by atoms with E-state index in [1.807, 2.05) is 18.2 Å². The first-order valence-electron chi connectivity index (χ1n) is 5.97. The maximum atomic E-state index is 11.2. The van der Waals surface area contributed by atoms with Crippen LogP contribution in [0.25, 0.3) is 0 Å². The Morgan fingerprint density at radius 2 is 1.94 bits per heavy atom. The first kappa shape index (κ1) is 14.0. The molecular weight excluding hydrogens is 236 g/mol. The Hall–Kier alpha value is -1.02. The topological polar surface area (TPSA) is 37.3 Å². The molecule has 94 valence electrons. The molecule has 0 saturated carbocycles. The van der Waals surface area contributed by atoms with Gasteiger partial charge in [0.2, 0.25) is 0 Å². The molecule has 1 N–H and O–H groups in total. The summed E-state index contributed by atoms with van der Waals surface area (Å²) in [7, 11) is 0. The number of hydrogen-bond donors (Lipinski definition) is 1. The van der Waals surface area contributed by atoms with Crippen molar-refractivity contribution in [1.82, 2.24) is 0 Å². The molecule has 0 amide bonds. The van der Waals surface area contributed by atoms with E-state index >= 15 is 0 Å². The zero-order chi connectivity index (χ0) is 12.8. The van der Waals surface area contributed by atoms with Gasteiger partial charge in [0.1, 0.15) is 0 Å². The highest BCUT2D eigenvalue weighted by Crippen LogP contribution is 2.22. The van der Waals surface area contributed by atoms with E-state index in [4.69, 9.17) is 11.6 Å². The fraction of sp³-hybridized carbons (Fsp3) is 0.500. The van der Waals surface area contributed by atoms with Gasteiger partial charge in [-0.15, -0.1) is 0 Å². The molecule has 0 heterocycles. The van der Waals surface area contributed by atoms with Crippen molar-refractivity contribution in [2.24, 2.45) is 11.8 Å². The number of benzene rings is 1. The summed E-state index contributed by atoms with van der Waals surface area (Å²) in [5, 5.41) is 9.85. The van der Waals surface area contributed by atoms with Gasteiger partial charge >= 0.3 is 5.97 Å². The van der Waals surface area contributed by atoms with Crippen molar-refractivity contribution in [3.63, 3.8) is 0 Å². The van der Waals surface area contributed by atoms with Gasteiger partial charge in [-0.1, -0.05) is 50.1 Å². The van der Waals surface area contributed by atoms with Crippen LogP contribution in [-0.2, 0) is 11.2 Å². The van der Waals surface area contributed by atoms with E-state index in [0.29, 0.717) is 23.8 Å². The van der Waals surface area contributed by atoms with E-state index in [0.717, 1.165) is 12.0 Å². The molecule has 0 spiro atoms. The number of carboxylic acids is 1. The van der Waals surface area contributed by atoms with Crippen LogP contribution in [0.1, 0.15) is 32.3 Å². The van der Waals surface area contributed by atoms with E-state index in [1.165, 1.54) is 0 Å². The van der Waals surface area contributed by atoms with Crippen molar-refractivity contribution in [3.05, 3.63) is 34.9 Å². The molecule has 1 aromatic carbocycles. The van der Waals surface area contributed by atoms with Crippen LogP contribution in [0.3, 0.4) is 0 Å². The van der Waals surface area contributed by atoms with Gasteiger partial charge in [0, 0.05) is 5.02 Å². The second-order valence-electron chi connectivity index (χ2n) is 4.80. The average molecular weight is 255 g/mol. The third-order valence-electron chi connectivity index (χ3n) is 2.87. The molecule has 0 bridgehead atoms. The Balaban J connectivity index is 2.67. The molecule has 1 atom stereocenters. The highest BCUT2D eigenvalue weighted by Gasteiger charge is 2.19. The second kappa shape index (κ2) is 6.65. The number of rotatable bonds is 6. The van der Waals surface area contributed by atoms with Gasteiger partial charge < -0.3 is 5.11 Å². The minimum absolute atomic E-state index is 0.336. The third kappa shape index (κ3) is 4.78. The van der Waals surface area contributed by atoms with Crippen molar-refractivity contribution in [3.8, 4) is 0 Å². The van der Waals surface area contributed by atoms with Gasteiger partial charge in [-0.05, 0) is 30.4 Å². The Morgan fingerprint density at radius 1 is 1.29 bits per heavy atom. The standard InChI is InChI=1S/C14H19ClO2/c1-10(2)7-8-12(14(16)17)9-11-5-3-4-6-13(11)15/h3-6,10,12H,7-9H2,1-2H3,(H,16,17). The molecule has 0 fully saturated rings. The SMILES string of the molecule is CC(C)CCC(Cc1ccccc1Cl)C(=O)O. The first-order valence-corrected chi connectivity index (χ1v) is 6.34. The lowest BCUT2D eigenvalue weighted by Gasteiger charge is -2.14. The zero-order valence-electron chi connectivity index (χ0n) is 10.3. The molecule has 0 aromatic heterocycles. The molecule has 0 radical (unpaired) electrons. The third-order valence-corrected chi connectivity index (χ3v) is 3.23. The molecule has 0 aliphatic carbocycles. The van der Waals surface area contributed by atoms with Crippen LogP contribution >= 0.6 is 11.6 Å². The summed E-state index contributed by atoms with van der Waals surface area (Å²) in [6, 6.07) is 7.45. The van der Waals surface area contributed by atoms with E-state index in [2.05, 4.69) is 13.8 Å². The van der Waals surface area contributed by atoms with Crippen molar-refractivity contribution in [1.29, 1.82) is 0 Å². The summed E-state index contributed by atoms with van der Waals surface area (Å²) in [5.74, 6) is -0.536. The van der Waals surface area contributed by atoms with Crippen LogP contribution < -0.4 is 0 Å². The van der Waals surface area contributed by atoms with E-state index in [-0.39, 0.29) is 5.92 Å². The van der Waals surface area contributed by atoms with Crippen LogP contribution in [0.2, 0.25) is 5.02 Å². The molecule has 1 aromatic rings. The molecule has 0 aliphatic heterocycles. The quantitative estimate of drug-likeness (QED) is 0.833. The molecule has 0 saturated heterocycles. The first-order chi connectivity index (χ1) is 8.00. The summed E-state index contributed by atoms with van der Waals surface area (Å²) in [6.45, 7) is 4.21. The van der Waals surface area contributed by atoms with Crippen LogP contribution in [-0.4, -0.2) is 11.1 Å². The van der Waals surface area contributed by atoms with Crippen molar-refractivity contribution >= 4 is 17.6 Å². The predicted octanol–water partition coefficient (Wildman–Crippen LogP) is 4.02. The number of aliphatic carboxylic acids is 1. The van der Waals surface area contributed by atoms with Crippen LogP contribution in [0, 0.1) is 11.8 Å². The van der Waals surface area contributed by atoms with Crippen molar-refractivity contribution < 1.29 is 9.90 Å². The second-order valence-corrected chi connectivity index (χ2v) is 5.21. The molecular formula is C14H19ClO2. The number of halogens is 1. The highest BCUT2D eigenvalue weighted by atomic mass is 35.5. The minimum atomic E-state index is -0.731. The maximum Gasteiger partial charge on any atom is 0.306 e. The number of carboxylic acid groups (broad SMARTS) is 1. The van der Waals surface area contributed by atoms with Crippen LogP contribution in [0.4, 0.5) is 0 Å². The lowest BCUT2D eigenvalue weighted by molar-refractivity contribution is -0.142. The summed E-state index contributed by atoms with van der Waals surface area (Å²) in [4.78, 5) is 11.2. The zero-order valence-corrected chi connectivity index (χ0v) is 11.1. The van der Waals surface area contributed by atoms with E-state index < -0.39 is 5.97 Å². The summed E-state index contributed by atoms with van der Waals surface area (Å²) >= 11 is 6.04. The van der Waals surface area contributed by atoms with E-state index in [9.17, 15) is 9.90 Å². The van der Waals surface area contributed by atoms with Gasteiger partial charge in [0.25, 0.3) is 0 Å². The highest BCUT2D eigenvalue weighted by molar-refractivity contribution is 6.31. The fourth-order valence-corrected chi connectivity index (χ4v) is 1.99. The van der Waals surface area contributed by atoms with Gasteiger partial charge in [-0.25, -0.2) is 0 Å². The van der Waals surface area contributed by atoms with Crippen LogP contribution in [0.5, 0.6) is 0 Å². The summed E-state index contributed by atoms with van der Waals surface area (Å²) in [5.41, 5.74) is 0.922. The average Bonchev–Trinajstić information content (AvgIpc) is 2.25. The summed E-state index contributed by atoms with van der Waals surface area (Å²) in [6.07, 6.45) is 2.15. The van der Waals surface area contributed by atoms with Crippen molar-refractivity contribution in [2.45, 2.75) is 33.1 Å². The monoisotopic (exact) mass is 254 g/mol. The Morgan fingerprint density at radius 3 is 2.47 bits per heavy atom. The summed E-state index contributed by atoms with van der Waals surface area (Å²) < 4.78 is 0. The molecule has 0 aliphatic rings. The molecule has 1 rings (SSSR count). The fourth-order valence-electron chi connectivity index (χ4n) is 1.78. The maximum absolute atomic E-state index is 11.2. The smallest absolute Gasteiger partial charge is 0.306 e. The Labute approximate surface area is 108 Å². The molecule has 2 nitrogen and oxygen atoms in total. The Bertz CT molecular complexity index is 374.